The predicted octanol–water partition coefficient (Wildman–Crippen LogP) is 3.25. The molecule has 0 fully saturated rings. The van der Waals surface area contributed by atoms with Crippen LogP contribution in [0.15, 0.2) is 17.5 Å². The van der Waals surface area contributed by atoms with E-state index >= 15 is 0 Å². The van der Waals surface area contributed by atoms with Gasteiger partial charge in [-0.15, -0.1) is 11.3 Å². The van der Waals surface area contributed by atoms with Crippen LogP contribution in [0.3, 0.4) is 0 Å². The van der Waals surface area contributed by atoms with E-state index in [-0.39, 0.29) is 0 Å². The van der Waals surface area contributed by atoms with Crippen molar-refractivity contribution in [3.8, 4) is 5.06 Å². The van der Waals surface area contributed by atoms with Gasteiger partial charge in [-0.25, -0.2) is 0 Å². The molecule has 0 atom stereocenters. The molecule has 0 saturated heterocycles. The highest BCUT2D eigenvalue weighted by molar-refractivity contribution is 7.11. The Bertz CT molecular complexity index is 184. The van der Waals surface area contributed by atoms with Gasteiger partial charge in [-0.05, 0) is 23.9 Å². The van der Waals surface area contributed by atoms with Crippen molar-refractivity contribution in [3.63, 3.8) is 0 Å². The van der Waals surface area contributed by atoms with Crippen molar-refractivity contribution in [1.29, 1.82) is 0 Å². The topological polar surface area (TPSA) is 18.5 Å². The molecule has 2 nitrogen and oxygen atoms in total. The van der Waals surface area contributed by atoms with Gasteiger partial charge in [-0.1, -0.05) is 19.8 Å². The van der Waals surface area contributed by atoms with Gasteiger partial charge in [-0.2, -0.15) is 4.89 Å². The molecule has 1 aromatic heterocycles. The van der Waals surface area contributed by atoms with E-state index in [9.17, 15) is 0 Å². The van der Waals surface area contributed by atoms with Gasteiger partial charge >= 0.3 is 0 Å². The molecule has 68 valence electrons. The van der Waals surface area contributed by atoms with Gasteiger partial charge in [0.25, 0.3) is 0 Å². The number of thiophene rings is 1. The van der Waals surface area contributed by atoms with Crippen molar-refractivity contribution < 1.29 is 9.78 Å². The van der Waals surface area contributed by atoms with E-state index in [2.05, 4.69) is 6.92 Å². The van der Waals surface area contributed by atoms with E-state index in [0.717, 1.165) is 11.5 Å². The van der Waals surface area contributed by atoms with Crippen molar-refractivity contribution in [3.05, 3.63) is 17.5 Å². The molecule has 0 bridgehead atoms. The molecule has 0 aliphatic rings. The number of hydrogen-bond acceptors (Lipinski definition) is 3. The average Bonchev–Trinajstić information content (AvgIpc) is 2.57. The molecule has 0 N–H and O–H groups in total. The van der Waals surface area contributed by atoms with Gasteiger partial charge in [0.05, 0.1) is 6.61 Å². The summed E-state index contributed by atoms with van der Waals surface area (Å²) >= 11 is 1.54. The smallest absolute Gasteiger partial charge is 0.218 e. The molecule has 0 amide bonds. The van der Waals surface area contributed by atoms with Gasteiger partial charge in [0, 0.05) is 0 Å². The SMILES string of the molecule is CCCCCOOc1cccs1. The lowest BCUT2D eigenvalue weighted by atomic mass is 10.3. The van der Waals surface area contributed by atoms with E-state index in [1.54, 1.807) is 0 Å². The van der Waals surface area contributed by atoms with Crippen LogP contribution < -0.4 is 4.89 Å². The normalized spacial score (nSPS) is 10.1. The number of unbranched alkanes of at least 4 members (excludes halogenated alkanes) is 2. The lowest BCUT2D eigenvalue weighted by molar-refractivity contribution is -0.204. The maximum absolute atomic E-state index is 5.01. The second-order valence-corrected chi connectivity index (χ2v) is 3.45. The Labute approximate surface area is 77.1 Å². The van der Waals surface area contributed by atoms with Crippen molar-refractivity contribution >= 4 is 11.3 Å². The zero-order chi connectivity index (χ0) is 8.65. The second-order valence-electron chi connectivity index (χ2n) is 2.54. The quantitative estimate of drug-likeness (QED) is 0.386. The Kier molecular flexibility index (Phi) is 4.80. The van der Waals surface area contributed by atoms with E-state index in [1.807, 2.05) is 17.5 Å². The highest BCUT2D eigenvalue weighted by Crippen LogP contribution is 2.18. The standard InChI is InChI=1S/C9H14O2S/c1-2-3-4-7-10-11-9-6-5-8-12-9/h5-6,8H,2-4,7H2,1H3. The van der Waals surface area contributed by atoms with Crippen molar-refractivity contribution in [2.24, 2.45) is 0 Å². The van der Waals surface area contributed by atoms with Crippen LogP contribution >= 0.6 is 11.3 Å². The first-order chi connectivity index (χ1) is 5.93. The molecule has 1 rings (SSSR count). The van der Waals surface area contributed by atoms with Gasteiger partial charge in [-0.3, -0.25) is 0 Å². The summed E-state index contributed by atoms with van der Waals surface area (Å²) in [5, 5.41) is 2.79. The summed E-state index contributed by atoms with van der Waals surface area (Å²) in [5.74, 6) is 0. The Balaban J connectivity index is 1.96. The van der Waals surface area contributed by atoms with Gasteiger partial charge in [0.2, 0.25) is 5.06 Å². The van der Waals surface area contributed by atoms with E-state index < -0.39 is 0 Å². The molecular weight excluding hydrogens is 172 g/mol. The first-order valence-electron chi connectivity index (χ1n) is 4.26. The predicted molar refractivity (Wildman–Crippen MR) is 50.4 cm³/mol. The van der Waals surface area contributed by atoms with Crippen LogP contribution in [0, 0.1) is 0 Å². The Morgan fingerprint density at radius 3 is 3.00 bits per heavy atom. The fourth-order valence-corrected chi connectivity index (χ4v) is 1.36. The molecule has 0 unspecified atom stereocenters. The maximum atomic E-state index is 5.01. The third kappa shape index (κ3) is 3.74. The summed E-state index contributed by atoms with van der Waals surface area (Å²) in [5.41, 5.74) is 0. The highest BCUT2D eigenvalue weighted by atomic mass is 32.1. The van der Waals surface area contributed by atoms with Crippen LogP contribution in [0.4, 0.5) is 0 Å². The van der Waals surface area contributed by atoms with E-state index in [0.29, 0.717) is 6.61 Å². The minimum atomic E-state index is 0.686. The maximum Gasteiger partial charge on any atom is 0.218 e. The van der Waals surface area contributed by atoms with Crippen LogP contribution in [0.5, 0.6) is 5.06 Å². The monoisotopic (exact) mass is 186 g/mol. The molecule has 12 heavy (non-hydrogen) atoms. The first kappa shape index (κ1) is 9.55. The summed E-state index contributed by atoms with van der Waals surface area (Å²) in [4.78, 5) is 10.0. The Morgan fingerprint density at radius 1 is 1.42 bits per heavy atom. The van der Waals surface area contributed by atoms with Crippen LogP contribution in [0.25, 0.3) is 0 Å². The zero-order valence-electron chi connectivity index (χ0n) is 7.29. The molecule has 1 heterocycles. The lowest BCUT2D eigenvalue weighted by Crippen LogP contribution is -1.97. The summed E-state index contributed by atoms with van der Waals surface area (Å²) in [6.07, 6.45) is 3.48. The summed E-state index contributed by atoms with van der Waals surface area (Å²) < 4.78 is 0. The molecule has 3 heteroatoms. The van der Waals surface area contributed by atoms with Crippen molar-refractivity contribution in [2.75, 3.05) is 6.61 Å². The summed E-state index contributed by atoms with van der Waals surface area (Å²) in [6.45, 7) is 2.85. The molecule has 0 saturated carbocycles. The Morgan fingerprint density at radius 2 is 2.33 bits per heavy atom. The van der Waals surface area contributed by atoms with Crippen LogP contribution in [0.2, 0.25) is 0 Å². The average molecular weight is 186 g/mol. The molecule has 0 aromatic carbocycles. The molecule has 0 spiro atoms. The summed E-state index contributed by atoms with van der Waals surface area (Å²) in [6, 6.07) is 3.83. The fourth-order valence-electron chi connectivity index (χ4n) is 0.822. The first-order valence-corrected chi connectivity index (χ1v) is 5.14. The van der Waals surface area contributed by atoms with E-state index in [4.69, 9.17) is 9.78 Å². The minimum Gasteiger partial charge on any atom is -0.326 e. The van der Waals surface area contributed by atoms with Gasteiger partial charge in [0.1, 0.15) is 0 Å². The van der Waals surface area contributed by atoms with Gasteiger partial charge in [0.15, 0.2) is 0 Å². The third-order valence-electron chi connectivity index (χ3n) is 1.47. The van der Waals surface area contributed by atoms with Crippen molar-refractivity contribution in [2.45, 2.75) is 26.2 Å². The lowest BCUT2D eigenvalue weighted by Gasteiger charge is -2.00. The Hall–Kier alpha value is -0.540. The van der Waals surface area contributed by atoms with Crippen LogP contribution in [-0.2, 0) is 4.89 Å². The molecular formula is C9H14O2S. The van der Waals surface area contributed by atoms with E-state index in [1.165, 1.54) is 24.2 Å². The molecule has 1 aromatic rings. The highest BCUT2D eigenvalue weighted by Gasteiger charge is 1.93. The molecule has 0 aliphatic heterocycles. The zero-order valence-corrected chi connectivity index (χ0v) is 8.10. The van der Waals surface area contributed by atoms with Crippen molar-refractivity contribution in [1.82, 2.24) is 0 Å². The number of hydrogen-bond donors (Lipinski definition) is 0. The van der Waals surface area contributed by atoms with Crippen LogP contribution in [0.1, 0.15) is 26.2 Å². The largest absolute Gasteiger partial charge is 0.326 e. The second kappa shape index (κ2) is 6.03. The molecule has 0 radical (unpaired) electrons. The fraction of sp³-hybridized carbons (Fsp3) is 0.556. The van der Waals surface area contributed by atoms with Gasteiger partial charge < -0.3 is 4.89 Å². The molecule has 0 aliphatic carbocycles. The minimum absolute atomic E-state index is 0.686. The van der Waals surface area contributed by atoms with Crippen LogP contribution in [-0.4, -0.2) is 6.61 Å². The number of rotatable bonds is 6. The summed E-state index contributed by atoms with van der Waals surface area (Å²) in [7, 11) is 0. The third-order valence-corrected chi connectivity index (χ3v) is 2.20.